The molecule has 2 aliphatic rings. The van der Waals surface area contributed by atoms with Gasteiger partial charge in [0, 0.05) is 62.6 Å². The highest BCUT2D eigenvalue weighted by Crippen LogP contribution is 2.31. The minimum absolute atomic E-state index is 0.0941. The van der Waals surface area contributed by atoms with Gasteiger partial charge in [-0.25, -0.2) is 8.42 Å². The number of benzene rings is 2. The Morgan fingerprint density at radius 1 is 0.838 bits per heavy atom. The maximum absolute atomic E-state index is 13.3. The molecule has 2 aromatic carbocycles. The summed E-state index contributed by atoms with van der Waals surface area (Å²) in [7, 11) is -3.58. The zero-order valence-corrected chi connectivity index (χ0v) is 22.2. The van der Waals surface area contributed by atoms with E-state index in [1.807, 2.05) is 23.1 Å². The lowest BCUT2D eigenvalue weighted by Crippen LogP contribution is -2.52. The topological polar surface area (TPSA) is 73.8 Å². The van der Waals surface area contributed by atoms with Gasteiger partial charge in [-0.2, -0.15) is 4.31 Å². The fourth-order valence-corrected chi connectivity index (χ4v) is 6.91. The predicted octanol–water partition coefficient (Wildman–Crippen LogP) is 4.07. The first-order valence-corrected chi connectivity index (χ1v) is 14.5. The SMILES string of the molecule is O=C(C1CCN(S(=O)(=O)c2cccnc2)CC1)N1CCN(C(c2ccccc2)c2ccc(Cl)cc2)CC1. The van der Waals surface area contributed by atoms with Gasteiger partial charge in [0.15, 0.2) is 0 Å². The summed E-state index contributed by atoms with van der Waals surface area (Å²) in [6.45, 7) is 3.54. The van der Waals surface area contributed by atoms with Gasteiger partial charge >= 0.3 is 0 Å². The fourth-order valence-electron chi connectivity index (χ4n) is 5.35. The van der Waals surface area contributed by atoms with Crippen molar-refractivity contribution < 1.29 is 13.2 Å². The number of hydrogen-bond donors (Lipinski definition) is 0. The summed E-state index contributed by atoms with van der Waals surface area (Å²) in [6, 6.07) is 21.7. The molecule has 1 atom stereocenters. The lowest BCUT2D eigenvalue weighted by Gasteiger charge is -2.41. The molecule has 0 N–H and O–H groups in total. The maximum Gasteiger partial charge on any atom is 0.244 e. The number of carbonyl (C=O) groups is 1. The monoisotopic (exact) mass is 538 g/mol. The quantitative estimate of drug-likeness (QED) is 0.473. The second-order valence-corrected chi connectivity index (χ2v) is 12.0. The molecule has 1 aromatic heterocycles. The molecule has 0 saturated carbocycles. The van der Waals surface area contributed by atoms with Crippen molar-refractivity contribution in [3.63, 3.8) is 0 Å². The van der Waals surface area contributed by atoms with Gasteiger partial charge in [-0.05, 0) is 48.2 Å². The highest BCUT2D eigenvalue weighted by atomic mass is 35.5. The molecule has 0 aliphatic carbocycles. The minimum atomic E-state index is -3.58. The molecule has 5 rings (SSSR count). The van der Waals surface area contributed by atoms with Crippen LogP contribution in [-0.4, -0.2) is 72.7 Å². The second-order valence-electron chi connectivity index (χ2n) is 9.59. The Morgan fingerprint density at radius 2 is 1.49 bits per heavy atom. The third-order valence-corrected chi connectivity index (χ3v) is 9.50. The molecule has 3 aromatic rings. The Balaban J connectivity index is 1.20. The Hall–Kier alpha value is -2.78. The molecule has 1 unspecified atom stereocenters. The van der Waals surface area contributed by atoms with Crippen LogP contribution < -0.4 is 0 Å². The van der Waals surface area contributed by atoms with E-state index in [1.165, 1.54) is 21.6 Å². The van der Waals surface area contributed by atoms with Crippen molar-refractivity contribution in [1.82, 2.24) is 19.1 Å². The van der Waals surface area contributed by atoms with Gasteiger partial charge in [-0.3, -0.25) is 14.7 Å². The normalized spacial score (nSPS) is 19.0. The number of amides is 1. The number of piperazine rings is 1. The van der Waals surface area contributed by atoms with Crippen LogP contribution in [0.1, 0.15) is 30.0 Å². The average Bonchev–Trinajstić information content (AvgIpc) is 2.95. The molecule has 2 fully saturated rings. The van der Waals surface area contributed by atoms with Gasteiger partial charge in [0.05, 0.1) is 6.04 Å². The summed E-state index contributed by atoms with van der Waals surface area (Å²) in [5.74, 6) is -0.00564. The molecular weight excluding hydrogens is 508 g/mol. The summed E-state index contributed by atoms with van der Waals surface area (Å²) in [5.41, 5.74) is 2.39. The molecule has 7 nitrogen and oxygen atoms in total. The predicted molar refractivity (Wildman–Crippen MR) is 144 cm³/mol. The molecule has 3 heterocycles. The van der Waals surface area contributed by atoms with Crippen LogP contribution in [0.5, 0.6) is 0 Å². The second kappa shape index (κ2) is 11.3. The number of halogens is 1. The van der Waals surface area contributed by atoms with Crippen LogP contribution in [0.25, 0.3) is 0 Å². The lowest BCUT2D eigenvalue weighted by atomic mass is 9.95. The van der Waals surface area contributed by atoms with Crippen molar-refractivity contribution >= 4 is 27.5 Å². The van der Waals surface area contributed by atoms with Crippen molar-refractivity contribution in [2.24, 2.45) is 5.92 Å². The van der Waals surface area contributed by atoms with Crippen LogP contribution in [0.4, 0.5) is 0 Å². The number of sulfonamides is 1. The van der Waals surface area contributed by atoms with E-state index in [-0.39, 0.29) is 22.8 Å². The summed E-state index contributed by atoms with van der Waals surface area (Å²) in [6.07, 6.45) is 4.01. The number of hydrogen-bond acceptors (Lipinski definition) is 5. The molecule has 1 amide bonds. The number of aromatic nitrogens is 1. The number of rotatable bonds is 6. The largest absolute Gasteiger partial charge is 0.340 e. The van der Waals surface area contributed by atoms with Gasteiger partial charge in [0.2, 0.25) is 15.9 Å². The third kappa shape index (κ3) is 5.72. The standard InChI is InChI=1S/C28H31ClN4O3S/c29-25-10-8-23(9-11-25)27(22-5-2-1-3-6-22)31-17-19-32(20-18-31)28(34)24-12-15-33(16-13-24)37(35,36)26-7-4-14-30-21-26/h1-11,14,21,24,27H,12-13,15-20H2. The molecular formula is C28H31ClN4O3S. The van der Waals surface area contributed by atoms with E-state index < -0.39 is 10.0 Å². The molecule has 194 valence electrons. The van der Waals surface area contributed by atoms with Crippen molar-refractivity contribution in [3.8, 4) is 0 Å². The zero-order valence-electron chi connectivity index (χ0n) is 20.6. The first-order valence-electron chi connectivity index (χ1n) is 12.7. The molecule has 2 aliphatic heterocycles. The summed E-state index contributed by atoms with van der Waals surface area (Å²) in [5, 5.41) is 0.713. The van der Waals surface area contributed by atoms with Crippen molar-refractivity contribution in [2.45, 2.75) is 23.8 Å². The van der Waals surface area contributed by atoms with E-state index in [2.05, 4.69) is 46.3 Å². The first kappa shape index (κ1) is 25.9. The van der Waals surface area contributed by atoms with Gasteiger partial charge in [0.25, 0.3) is 0 Å². The zero-order chi connectivity index (χ0) is 25.8. The van der Waals surface area contributed by atoms with Crippen LogP contribution >= 0.6 is 11.6 Å². The Labute approximate surface area is 223 Å². The van der Waals surface area contributed by atoms with Crippen LogP contribution in [-0.2, 0) is 14.8 Å². The summed E-state index contributed by atoms with van der Waals surface area (Å²) >= 11 is 6.14. The van der Waals surface area contributed by atoms with Gasteiger partial charge < -0.3 is 4.90 Å². The van der Waals surface area contributed by atoms with E-state index >= 15 is 0 Å². The Bertz CT molecular complexity index is 1290. The van der Waals surface area contributed by atoms with Crippen molar-refractivity contribution in [1.29, 1.82) is 0 Å². The highest BCUT2D eigenvalue weighted by Gasteiger charge is 2.35. The molecule has 0 bridgehead atoms. The van der Waals surface area contributed by atoms with Crippen molar-refractivity contribution in [3.05, 3.63) is 95.3 Å². The smallest absolute Gasteiger partial charge is 0.244 e. The molecule has 9 heteroatoms. The summed E-state index contributed by atoms with van der Waals surface area (Å²) in [4.78, 5) is 21.9. The van der Waals surface area contributed by atoms with Crippen molar-refractivity contribution in [2.75, 3.05) is 39.3 Å². The van der Waals surface area contributed by atoms with Crippen LogP contribution in [0, 0.1) is 5.92 Å². The molecule has 37 heavy (non-hydrogen) atoms. The van der Waals surface area contributed by atoms with E-state index in [4.69, 9.17) is 11.6 Å². The van der Waals surface area contributed by atoms with E-state index in [0.717, 1.165) is 13.1 Å². The number of carbonyl (C=O) groups excluding carboxylic acids is 1. The maximum atomic E-state index is 13.3. The van der Waals surface area contributed by atoms with Crippen LogP contribution in [0.2, 0.25) is 5.02 Å². The van der Waals surface area contributed by atoms with Crippen LogP contribution in [0.3, 0.4) is 0 Å². The van der Waals surface area contributed by atoms with E-state index in [1.54, 1.807) is 18.3 Å². The Morgan fingerprint density at radius 3 is 2.11 bits per heavy atom. The number of piperidine rings is 1. The molecule has 0 radical (unpaired) electrons. The van der Waals surface area contributed by atoms with E-state index in [0.29, 0.717) is 44.0 Å². The van der Waals surface area contributed by atoms with Gasteiger partial charge in [-0.1, -0.05) is 54.1 Å². The third-order valence-electron chi connectivity index (χ3n) is 7.37. The minimum Gasteiger partial charge on any atom is -0.340 e. The van der Waals surface area contributed by atoms with Gasteiger partial charge in [-0.15, -0.1) is 0 Å². The molecule has 2 saturated heterocycles. The van der Waals surface area contributed by atoms with Crippen LogP contribution in [0.15, 0.2) is 84.0 Å². The fraction of sp³-hybridized carbons (Fsp3) is 0.357. The lowest BCUT2D eigenvalue weighted by molar-refractivity contribution is -0.138. The summed E-state index contributed by atoms with van der Waals surface area (Å²) < 4.78 is 27.3. The number of pyridine rings is 1. The van der Waals surface area contributed by atoms with Gasteiger partial charge in [0.1, 0.15) is 4.90 Å². The first-order chi connectivity index (χ1) is 17.9. The Kier molecular flexibility index (Phi) is 7.90. The average molecular weight is 539 g/mol. The highest BCUT2D eigenvalue weighted by molar-refractivity contribution is 7.89. The number of nitrogens with zero attached hydrogens (tertiary/aromatic N) is 4. The molecule has 0 spiro atoms. The van der Waals surface area contributed by atoms with E-state index in [9.17, 15) is 13.2 Å².